The van der Waals surface area contributed by atoms with E-state index in [4.69, 9.17) is 10.7 Å². The molecule has 3 N–H and O–H groups in total. The SMILES string of the molecule is C=C(C)C(=O)N1CCC(C)(c2ccc3c(N)c(C(=O)NC)sc3n2)CC1. The second kappa shape index (κ2) is 6.72. The van der Waals surface area contributed by atoms with Gasteiger partial charge in [0.05, 0.1) is 5.69 Å². The van der Waals surface area contributed by atoms with Crippen LogP contribution in [0, 0.1) is 0 Å². The largest absolute Gasteiger partial charge is 0.397 e. The molecular weight excluding hydrogens is 348 g/mol. The van der Waals surface area contributed by atoms with Crippen LogP contribution < -0.4 is 11.1 Å². The average Bonchev–Trinajstić information content (AvgIpc) is 2.97. The van der Waals surface area contributed by atoms with Crippen LogP contribution in [-0.2, 0) is 10.2 Å². The van der Waals surface area contributed by atoms with E-state index >= 15 is 0 Å². The minimum atomic E-state index is -0.190. The van der Waals surface area contributed by atoms with Crippen LogP contribution in [-0.4, -0.2) is 41.8 Å². The molecule has 138 valence electrons. The van der Waals surface area contributed by atoms with Crippen LogP contribution in [0.25, 0.3) is 10.2 Å². The van der Waals surface area contributed by atoms with Crippen molar-refractivity contribution in [2.75, 3.05) is 25.9 Å². The first-order chi connectivity index (χ1) is 12.3. The highest BCUT2D eigenvalue weighted by atomic mass is 32.1. The number of nitrogens with one attached hydrogen (secondary N) is 1. The summed E-state index contributed by atoms with van der Waals surface area (Å²) in [5.41, 5.74) is 8.05. The summed E-state index contributed by atoms with van der Waals surface area (Å²) in [4.78, 5) is 32.0. The van der Waals surface area contributed by atoms with Crippen molar-refractivity contribution < 1.29 is 9.59 Å². The summed E-state index contributed by atoms with van der Waals surface area (Å²) in [6.45, 7) is 9.06. The predicted octanol–water partition coefficient (Wildman–Crippen LogP) is 2.69. The van der Waals surface area contributed by atoms with Gasteiger partial charge in [-0.2, -0.15) is 0 Å². The number of thiophene rings is 1. The van der Waals surface area contributed by atoms with Crippen molar-refractivity contribution >= 4 is 39.1 Å². The molecule has 1 aliphatic rings. The molecule has 1 aliphatic heterocycles. The van der Waals surface area contributed by atoms with Crippen LogP contribution in [0.1, 0.15) is 42.1 Å². The van der Waals surface area contributed by atoms with Crippen molar-refractivity contribution in [1.29, 1.82) is 0 Å². The normalized spacial score (nSPS) is 16.5. The Bertz CT molecular complexity index is 894. The number of carbonyl (C=O) groups excluding carboxylic acids is 2. The quantitative estimate of drug-likeness (QED) is 0.811. The number of piperidine rings is 1. The summed E-state index contributed by atoms with van der Waals surface area (Å²) in [5, 5.41) is 3.43. The zero-order valence-electron chi connectivity index (χ0n) is 15.4. The van der Waals surface area contributed by atoms with Gasteiger partial charge >= 0.3 is 0 Å². The first kappa shape index (κ1) is 18.4. The molecule has 26 heavy (non-hydrogen) atoms. The molecule has 6 nitrogen and oxygen atoms in total. The molecule has 7 heteroatoms. The fourth-order valence-corrected chi connectivity index (χ4v) is 4.38. The molecule has 0 atom stereocenters. The maximum Gasteiger partial charge on any atom is 0.263 e. The Labute approximate surface area is 157 Å². The lowest BCUT2D eigenvalue weighted by molar-refractivity contribution is -0.128. The van der Waals surface area contributed by atoms with Gasteiger partial charge in [-0.05, 0) is 31.9 Å². The van der Waals surface area contributed by atoms with E-state index in [1.807, 2.05) is 17.0 Å². The van der Waals surface area contributed by atoms with Crippen LogP contribution in [0.15, 0.2) is 24.3 Å². The summed E-state index contributed by atoms with van der Waals surface area (Å²) in [7, 11) is 1.59. The molecule has 2 amide bonds. The standard InChI is InChI=1S/C19H24N4O2S/c1-11(2)18(25)23-9-7-19(3,8-10-23)13-6-5-12-14(20)15(16(24)21-4)26-17(12)22-13/h5-6H,1,7-10,20H2,2-4H3,(H,21,24). The fraction of sp³-hybridized carbons (Fsp3) is 0.421. The van der Waals surface area contributed by atoms with Gasteiger partial charge in [0.25, 0.3) is 5.91 Å². The van der Waals surface area contributed by atoms with E-state index in [-0.39, 0.29) is 17.2 Å². The molecule has 3 rings (SSSR count). The number of aromatic nitrogens is 1. The van der Waals surface area contributed by atoms with Crippen LogP contribution in [0.4, 0.5) is 5.69 Å². The van der Waals surface area contributed by atoms with E-state index in [1.165, 1.54) is 11.3 Å². The van der Waals surface area contributed by atoms with E-state index in [9.17, 15) is 9.59 Å². The number of hydrogen-bond acceptors (Lipinski definition) is 5. The van der Waals surface area contributed by atoms with Gasteiger partial charge in [-0.15, -0.1) is 11.3 Å². The van der Waals surface area contributed by atoms with Gasteiger partial charge in [0.2, 0.25) is 5.91 Å². The maximum atomic E-state index is 12.1. The monoisotopic (exact) mass is 372 g/mol. The van der Waals surface area contributed by atoms with Crippen LogP contribution in [0.3, 0.4) is 0 Å². The lowest BCUT2D eigenvalue weighted by Crippen LogP contribution is -2.44. The summed E-state index contributed by atoms with van der Waals surface area (Å²) in [6, 6.07) is 3.95. The third-order valence-corrected chi connectivity index (χ3v) is 6.28. The molecule has 1 saturated heterocycles. The van der Waals surface area contributed by atoms with Crippen molar-refractivity contribution in [3.8, 4) is 0 Å². The highest BCUT2D eigenvalue weighted by Gasteiger charge is 2.35. The van der Waals surface area contributed by atoms with Gasteiger partial charge in [0.1, 0.15) is 9.71 Å². The third kappa shape index (κ3) is 3.07. The summed E-state index contributed by atoms with van der Waals surface area (Å²) in [6.07, 6.45) is 1.68. The molecule has 1 fully saturated rings. The smallest absolute Gasteiger partial charge is 0.263 e. The van der Waals surface area contributed by atoms with Crippen LogP contribution in [0.2, 0.25) is 0 Å². The van der Waals surface area contributed by atoms with Crippen molar-refractivity contribution in [2.24, 2.45) is 0 Å². The minimum absolute atomic E-state index is 0.0247. The molecule has 3 heterocycles. The Hall–Kier alpha value is -2.41. The summed E-state index contributed by atoms with van der Waals surface area (Å²) < 4.78 is 0. The number of pyridine rings is 1. The Morgan fingerprint density at radius 1 is 1.35 bits per heavy atom. The average molecular weight is 372 g/mol. The highest BCUT2D eigenvalue weighted by Crippen LogP contribution is 2.38. The molecule has 0 bridgehead atoms. The number of carbonyl (C=O) groups is 2. The number of likely N-dealkylation sites (tertiary alicyclic amines) is 1. The van der Waals surface area contributed by atoms with Gasteiger partial charge in [0.15, 0.2) is 0 Å². The zero-order chi connectivity index (χ0) is 19.1. The Kier molecular flexibility index (Phi) is 4.75. The number of fused-ring (bicyclic) bond motifs is 1. The number of amides is 2. The van der Waals surface area contributed by atoms with Crippen molar-refractivity contribution in [2.45, 2.75) is 32.1 Å². The Morgan fingerprint density at radius 3 is 2.58 bits per heavy atom. The maximum absolute atomic E-state index is 12.1. The molecule has 2 aromatic heterocycles. The zero-order valence-corrected chi connectivity index (χ0v) is 16.2. The molecule has 0 spiro atoms. The second-order valence-electron chi connectivity index (χ2n) is 7.11. The fourth-order valence-electron chi connectivity index (χ4n) is 3.34. The summed E-state index contributed by atoms with van der Waals surface area (Å²) in [5.74, 6) is -0.165. The molecule has 0 radical (unpaired) electrons. The molecular formula is C19H24N4O2S. The van der Waals surface area contributed by atoms with Gasteiger partial charge in [-0.1, -0.05) is 13.5 Å². The molecule has 0 aromatic carbocycles. The van der Waals surface area contributed by atoms with Gasteiger partial charge in [-0.25, -0.2) is 4.98 Å². The molecule has 0 aliphatic carbocycles. The van der Waals surface area contributed by atoms with Crippen LogP contribution >= 0.6 is 11.3 Å². The van der Waals surface area contributed by atoms with Crippen molar-refractivity contribution in [1.82, 2.24) is 15.2 Å². The van der Waals surface area contributed by atoms with Gasteiger partial charge < -0.3 is 16.0 Å². The number of nitrogens with two attached hydrogens (primary N) is 1. The van der Waals surface area contributed by atoms with E-state index in [0.29, 0.717) is 29.2 Å². The predicted molar refractivity (Wildman–Crippen MR) is 105 cm³/mol. The van der Waals surface area contributed by atoms with Gasteiger partial charge in [0, 0.05) is 42.2 Å². The lowest BCUT2D eigenvalue weighted by atomic mass is 9.77. The topological polar surface area (TPSA) is 88.3 Å². The van der Waals surface area contributed by atoms with E-state index < -0.39 is 0 Å². The lowest BCUT2D eigenvalue weighted by Gasteiger charge is -2.39. The van der Waals surface area contributed by atoms with E-state index in [1.54, 1.807) is 14.0 Å². The van der Waals surface area contributed by atoms with Crippen molar-refractivity contribution in [3.63, 3.8) is 0 Å². The number of nitrogen functional groups attached to an aromatic ring is 1. The molecule has 0 saturated carbocycles. The third-order valence-electron chi connectivity index (χ3n) is 5.16. The number of hydrogen-bond donors (Lipinski definition) is 2. The van der Waals surface area contributed by atoms with E-state index in [2.05, 4.69) is 18.8 Å². The first-order valence-corrected chi connectivity index (χ1v) is 9.45. The number of anilines is 1. The Morgan fingerprint density at radius 2 is 2.00 bits per heavy atom. The van der Waals surface area contributed by atoms with Crippen molar-refractivity contribution in [3.05, 3.63) is 34.9 Å². The minimum Gasteiger partial charge on any atom is -0.397 e. The first-order valence-electron chi connectivity index (χ1n) is 8.63. The highest BCUT2D eigenvalue weighted by molar-refractivity contribution is 7.21. The summed E-state index contributed by atoms with van der Waals surface area (Å²) >= 11 is 1.32. The van der Waals surface area contributed by atoms with Crippen LogP contribution in [0.5, 0.6) is 0 Å². The molecule has 2 aromatic rings. The van der Waals surface area contributed by atoms with Gasteiger partial charge in [-0.3, -0.25) is 9.59 Å². The van der Waals surface area contributed by atoms with E-state index in [0.717, 1.165) is 28.8 Å². The number of rotatable bonds is 3. The number of nitrogens with zero attached hydrogens (tertiary/aromatic N) is 2. The Balaban J connectivity index is 1.88. The second-order valence-corrected chi connectivity index (χ2v) is 8.11. The molecule has 0 unspecified atom stereocenters.